The van der Waals surface area contributed by atoms with Gasteiger partial charge in [0.25, 0.3) is 0 Å². The average molecular weight is 247 g/mol. The molecule has 0 saturated heterocycles. The number of hydrogen-bond donors (Lipinski definition) is 0. The van der Waals surface area contributed by atoms with E-state index in [0.29, 0.717) is 6.61 Å². The molecule has 97 valence electrons. The molecule has 0 heterocycles. The molecule has 0 aromatic heterocycles. The number of carbonyl (C=O) groups excluding carboxylic acids is 1. The van der Waals surface area contributed by atoms with Crippen LogP contribution in [0.2, 0.25) is 0 Å². The van der Waals surface area contributed by atoms with Gasteiger partial charge in [0.2, 0.25) is 0 Å². The van der Waals surface area contributed by atoms with E-state index >= 15 is 0 Å². The lowest BCUT2D eigenvalue weighted by Crippen LogP contribution is -2.08. The maximum Gasteiger partial charge on any atom is 0.384 e. The summed E-state index contributed by atoms with van der Waals surface area (Å²) < 4.78 is 10.4. The van der Waals surface area contributed by atoms with E-state index in [9.17, 15) is 4.79 Å². The summed E-state index contributed by atoms with van der Waals surface area (Å²) in [4.78, 5) is 11.1. The smallest absolute Gasteiger partial charge is 0.384 e. The van der Waals surface area contributed by atoms with Crippen molar-refractivity contribution in [3.63, 3.8) is 0 Å². The van der Waals surface area contributed by atoms with Crippen molar-refractivity contribution in [1.29, 1.82) is 0 Å². The largest absolute Gasteiger partial charge is 0.491 e. The average Bonchev–Trinajstić information content (AvgIpc) is 2.38. The molecule has 3 heteroatoms. The van der Waals surface area contributed by atoms with Gasteiger partial charge in [0.15, 0.2) is 0 Å². The number of carbonyl (C=O) groups is 1. The third-order valence-corrected chi connectivity index (χ3v) is 2.46. The fourth-order valence-electron chi connectivity index (χ4n) is 1.32. The van der Waals surface area contributed by atoms with E-state index in [2.05, 4.69) is 18.8 Å². The van der Waals surface area contributed by atoms with Gasteiger partial charge in [-0.25, -0.2) is 4.79 Å². The van der Waals surface area contributed by atoms with Crippen molar-refractivity contribution in [2.24, 2.45) is 5.92 Å². The second-order valence-corrected chi connectivity index (χ2v) is 3.97. The van der Waals surface area contributed by atoms with E-state index in [1.165, 1.54) is 0 Å². The first-order valence-corrected chi connectivity index (χ1v) is 6.24. The van der Waals surface area contributed by atoms with Crippen LogP contribution in [0.1, 0.15) is 27.2 Å². The Hall–Kier alpha value is -1.69. The standard InChI is InChI=1S/C15H19O3/c1-4-12(3)18-14-9-6-13(7-10-14)8-11-15(16)17-5-2/h6-7,9-10,12-13H,4-5H2,1-3H3. The molecule has 2 atom stereocenters. The summed E-state index contributed by atoms with van der Waals surface area (Å²) in [6.07, 6.45) is 8.76. The Bertz CT molecular complexity index is 396. The van der Waals surface area contributed by atoms with Crippen LogP contribution in [0.4, 0.5) is 0 Å². The van der Waals surface area contributed by atoms with Gasteiger partial charge in [0.05, 0.1) is 12.7 Å². The van der Waals surface area contributed by atoms with Gasteiger partial charge in [-0.1, -0.05) is 18.9 Å². The summed E-state index contributed by atoms with van der Waals surface area (Å²) in [5.41, 5.74) is 0. The van der Waals surface area contributed by atoms with Crippen LogP contribution in [-0.4, -0.2) is 18.7 Å². The monoisotopic (exact) mass is 247 g/mol. The summed E-state index contributed by atoms with van der Waals surface area (Å²) in [6.45, 7) is 6.22. The molecule has 0 saturated carbocycles. The Morgan fingerprint density at radius 2 is 2.28 bits per heavy atom. The van der Waals surface area contributed by atoms with Crippen LogP contribution in [0.25, 0.3) is 0 Å². The molecule has 1 aliphatic rings. The molecule has 0 aromatic carbocycles. The van der Waals surface area contributed by atoms with E-state index in [1.807, 2.05) is 31.6 Å². The van der Waals surface area contributed by atoms with Gasteiger partial charge < -0.3 is 9.47 Å². The molecule has 0 spiro atoms. The van der Waals surface area contributed by atoms with Crippen molar-refractivity contribution >= 4 is 5.97 Å². The van der Waals surface area contributed by atoms with Gasteiger partial charge in [-0.2, -0.15) is 0 Å². The second-order valence-electron chi connectivity index (χ2n) is 3.97. The highest BCUT2D eigenvalue weighted by Crippen LogP contribution is 2.17. The van der Waals surface area contributed by atoms with Crippen LogP contribution in [-0.2, 0) is 14.3 Å². The Morgan fingerprint density at radius 1 is 1.50 bits per heavy atom. The lowest BCUT2D eigenvalue weighted by Gasteiger charge is -2.16. The predicted molar refractivity (Wildman–Crippen MR) is 70.3 cm³/mol. The molecule has 0 bridgehead atoms. The zero-order chi connectivity index (χ0) is 13.4. The third kappa shape index (κ3) is 5.09. The highest BCUT2D eigenvalue weighted by Gasteiger charge is 2.09. The SMILES string of the molecule is CCOC(=O)C#CC1[CH]C=C(OC(C)CC)C=C1. The molecule has 1 aliphatic carbocycles. The summed E-state index contributed by atoms with van der Waals surface area (Å²) in [6, 6.07) is 0. The molecular formula is C15H19O3. The Kier molecular flexibility index (Phi) is 6.07. The lowest BCUT2D eigenvalue weighted by molar-refractivity contribution is -0.136. The van der Waals surface area contributed by atoms with Crippen molar-refractivity contribution < 1.29 is 14.3 Å². The Balaban J connectivity index is 2.44. The summed E-state index contributed by atoms with van der Waals surface area (Å²) >= 11 is 0. The van der Waals surface area contributed by atoms with Crippen LogP contribution >= 0.6 is 0 Å². The second kappa shape index (κ2) is 7.60. The van der Waals surface area contributed by atoms with E-state index in [4.69, 9.17) is 9.47 Å². The number of rotatable bonds is 4. The Labute approximate surface area is 109 Å². The maximum atomic E-state index is 11.1. The van der Waals surface area contributed by atoms with Crippen molar-refractivity contribution in [1.82, 2.24) is 0 Å². The summed E-state index contributed by atoms with van der Waals surface area (Å²) in [7, 11) is 0. The lowest BCUT2D eigenvalue weighted by atomic mass is 10.0. The van der Waals surface area contributed by atoms with Crippen molar-refractivity contribution in [2.45, 2.75) is 33.3 Å². The van der Waals surface area contributed by atoms with Gasteiger partial charge >= 0.3 is 5.97 Å². The molecule has 0 aromatic rings. The molecule has 0 aliphatic heterocycles. The Morgan fingerprint density at radius 3 is 2.83 bits per heavy atom. The first-order chi connectivity index (χ1) is 8.65. The normalized spacial score (nSPS) is 19.3. The minimum Gasteiger partial charge on any atom is -0.491 e. The van der Waals surface area contributed by atoms with Gasteiger partial charge in [0.1, 0.15) is 5.76 Å². The van der Waals surface area contributed by atoms with Gasteiger partial charge in [-0.05, 0) is 32.4 Å². The van der Waals surface area contributed by atoms with Crippen LogP contribution in [0.15, 0.2) is 24.0 Å². The zero-order valence-electron chi connectivity index (χ0n) is 11.1. The first-order valence-electron chi connectivity index (χ1n) is 6.24. The first kappa shape index (κ1) is 14.4. The quantitative estimate of drug-likeness (QED) is 0.435. The molecule has 2 unspecified atom stereocenters. The van der Waals surface area contributed by atoms with E-state index < -0.39 is 5.97 Å². The number of ether oxygens (including phenoxy) is 2. The fraction of sp³-hybridized carbons (Fsp3) is 0.467. The number of allylic oxidation sites excluding steroid dienone is 3. The molecular weight excluding hydrogens is 228 g/mol. The van der Waals surface area contributed by atoms with E-state index in [-0.39, 0.29) is 12.0 Å². The van der Waals surface area contributed by atoms with Crippen molar-refractivity contribution in [3.8, 4) is 11.8 Å². The van der Waals surface area contributed by atoms with Crippen LogP contribution in [0, 0.1) is 24.2 Å². The molecule has 0 amide bonds. The highest BCUT2D eigenvalue weighted by molar-refractivity contribution is 5.88. The highest BCUT2D eigenvalue weighted by atomic mass is 16.5. The minimum atomic E-state index is -0.482. The van der Waals surface area contributed by atoms with Gasteiger partial charge in [0, 0.05) is 18.3 Å². The third-order valence-electron chi connectivity index (χ3n) is 2.46. The molecule has 0 N–H and O–H groups in total. The van der Waals surface area contributed by atoms with Crippen LogP contribution in [0.5, 0.6) is 0 Å². The minimum absolute atomic E-state index is 0.0568. The summed E-state index contributed by atoms with van der Waals surface area (Å²) in [5, 5.41) is 0. The van der Waals surface area contributed by atoms with Crippen molar-refractivity contribution in [3.05, 3.63) is 30.4 Å². The van der Waals surface area contributed by atoms with Crippen LogP contribution < -0.4 is 0 Å². The molecule has 1 radical (unpaired) electrons. The molecule has 1 rings (SSSR count). The van der Waals surface area contributed by atoms with Gasteiger partial charge in [-0.3, -0.25) is 0 Å². The summed E-state index contributed by atoms with van der Waals surface area (Å²) in [5.74, 6) is 5.58. The molecule has 0 fully saturated rings. The van der Waals surface area contributed by atoms with Crippen molar-refractivity contribution in [2.75, 3.05) is 6.61 Å². The van der Waals surface area contributed by atoms with E-state index in [1.54, 1.807) is 6.92 Å². The van der Waals surface area contributed by atoms with E-state index in [0.717, 1.165) is 12.2 Å². The topological polar surface area (TPSA) is 35.5 Å². The maximum absolute atomic E-state index is 11.1. The number of esters is 1. The molecule has 18 heavy (non-hydrogen) atoms. The zero-order valence-corrected chi connectivity index (χ0v) is 11.1. The predicted octanol–water partition coefficient (Wildman–Crippen LogP) is 2.64. The number of hydrogen-bond acceptors (Lipinski definition) is 3. The fourth-order valence-corrected chi connectivity index (χ4v) is 1.32. The molecule has 3 nitrogen and oxygen atoms in total. The van der Waals surface area contributed by atoms with Gasteiger partial charge in [-0.15, -0.1) is 0 Å². The van der Waals surface area contributed by atoms with Crippen LogP contribution in [0.3, 0.4) is 0 Å².